The largest absolute Gasteiger partial charge is 0.472 e. The summed E-state index contributed by atoms with van der Waals surface area (Å²) in [5, 5.41) is 10.6. The number of hydrogen-bond donors (Lipinski definition) is 3. The third-order valence-corrected chi connectivity index (χ3v) is 18.8. The van der Waals surface area contributed by atoms with Gasteiger partial charge >= 0.3 is 39.5 Å². The van der Waals surface area contributed by atoms with Gasteiger partial charge in [-0.25, -0.2) is 9.13 Å². The summed E-state index contributed by atoms with van der Waals surface area (Å²) in [7, 11) is -9.89. The van der Waals surface area contributed by atoms with Crippen LogP contribution in [0.1, 0.15) is 381 Å². The number of ether oxygens (including phenoxy) is 4. The third-order valence-electron chi connectivity index (χ3n) is 16.9. The van der Waals surface area contributed by atoms with Gasteiger partial charge in [-0.15, -0.1) is 0 Å². The average Bonchev–Trinajstić information content (AvgIpc) is 3.68. The molecule has 0 aliphatic rings. The molecule has 0 spiro atoms. The van der Waals surface area contributed by atoms with Gasteiger partial charge in [-0.1, -0.05) is 329 Å². The summed E-state index contributed by atoms with van der Waals surface area (Å²) in [6.07, 6.45) is 55.9. The molecule has 0 fully saturated rings. The van der Waals surface area contributed by atoms with Crippen LogP contribution in [0.5, 0.6) is 0 Å². The van der Waals surface area contributed by atoms with Gasteiger partial charge in [0.25, 0.3) is 0 Å². The van der Waals surface area contributed by atoms with E-state index in [9.17, 15) is 43.2 Å². The summed E-state index contributed by atoms with van der Waals surface area (Å²) in [5.74, 6) is -2.13. The lowest BCUT2D eigenvalue weighted by Crippen LogP contribution is -2.30. The zero-order valence-corrected chi connectivity index (χ0v) is 60.6. The molecule has 0 aliphatic carbocycles. The van der Waals surface area contributed by atoms with Crippen LogP contribution in [0.3, 0.4) is 0 Å². The maximum atomic E-state index is 13.0. The van der Waals surface area contributed by atoms with E-state index in [0.717, 1.165) is 96.3 Å². The number of aliphatic hydroxyl groups excluding tert-OH is 1. The first-order valence-electron chi connectivity index (χ1n) is 37.8. The van der Waals surface area contributed by atoms with Gasteiger partial charge in [0, 0.05) is 25.7 Å². The predicted molar refractivity (Wildman–Crippen MR) is 368 cm³/mol. The van der Waals surface area contributed by atoms with Crippen molar-refractivity contribution in [1.29, 1.82) is 0 Å². The van der Waals surface area contributed by atoms with Crippen molar-refractivity contribution in [3.8, 4) is 0 Å². The molecule has 17 nitrogen and oxygen atoms in total. The van der Waals surface area contributed by atoms with Crippen LogP contribution in [0, 0.1) is 0 Å². The van der Waals surface area contributed by atoms with E-state index in [1.807, 2.05) is 0 Å². The Bertz CT molecular complexity index is 1740. The molecule has 0 rings (SSSR count). The number of carbonyl (C=O) groups is 4. The minimum absolute atomic E-state index is 0.107. The van der Waals surface area contributed by atoms with Crippen molar-refractivity contribution in [3.63, 3.8) is 0 Å². The molecule has 5 atom stereocenters. The molecule has 19 heteroatoms. The van der Waals surface area contributed by atoms with Crippen molar-refractivity contribution < 1.29 is 80.2 Å². The van der Waals surface area contributed by atoms with Crippen LogP contribution in [-0.2, 0) is 65.4 Å². The van der Waals surface area contributed by atoms with Crippen molar-refractivity contribution in [2.45, 2.75) is 399 Å². The van der Waals surface area contributed by atoms with Crippen molar-refractivity contribution in [3.05, 3.63) is 0 Å². The van der Waals surface area contributed by atoms with Crippen molar-refractivity contribution in [2.75, 3.05) is 39.6 Å². The van der Waals surface area contributed by atoms with Crippen molar-refractivity contribution in [1.82, 2.24) is 0 Å². The van der Waals surface area contributed by atoms with Gasteiger partial charge in [0.15, 0.2) is 12.2 Å². The highest BCUT2D eigenvalue weighted by atomic mass is 31.2. The Kier molecular flexibility index (Phi) is 65.2. The van der Waals surface area contributed by atoms with E-state index in [4.69, 9.17) is 37.0 Å². The average molecular weight is 1340 g/mol. The highest BCUT2D eigenvalue weighted by Crippen LogP contribution is 2.45. The summed E-state index contributed by atoms with van der Waals surface area (Å²) in [6.45, 7) is 4.87. The topological polar surface area (TPSA) is 237 Å². The normalized spacial score (nSPS) is 14.0. The molecular formula is C72H140O17P2. The van der Waals surface area contributed by atoms with Gasteiger partial charge in [-0.3, -0.25) is 37.3 Å². The number of carbonyl (C=O) groups excluding carboxylic acids is 4. The summed E-state index contributed by atoms with van der Waals surface area (Å²) in [4.78, 5) is 72.3. The molecule has 0 aromatic heterocycles. The first-order valence-corrected chi connectivity index (χ1v) is 40.8. The minimum atomic E-state index is -4.95. The molecule has 0 saturated heterocycles. The second-order valence-electron chi connectivity index (χ2n) is 26.0. The fourth-order valence-electron chi connectivity index (χ4n) is 11.0. The lowest BCUT2D eigenvalue weighted by Gasteiger charge is -2.21. The van der Waals surface area contributed by atoms with Crippen LogP contribution in [0.2, 0.25) is 0 Å². The number of aliphatic hydroxyl groups is 1. The molecule has 0 aromatic carbocycles. The predicted octanol–water partition coefficient (Wildman–Crippen LogP) is 21.1. The fraction of sp³-hybridized carbons (Fsp3) is 0.944. The van der Waals surface area contributed by atoms with Crippen LogP contribution in [-0.4, -0.2) is 96.7 Å². The van der Waals surface area contributed by atoms with E-state index in [-0.39, 0.29) is 25.7 Å². The Balaban J connectivity index is 5.12. The first kappa shape index (κ1) is 89.1. The summed E-state index contributed by atoms with van der Waals surface area (Å²) < 4.78 is 68.1. The van der Waals surface area contributed by atoms with Gasteiger partial charge in [0.2, 0.25) is 0 Å². The Morgan fingerprint density at radius 2 is 0.440 bits per heavy atom. The highest BCUT2D eigenvalue weighted by molar-refractivity contribution is 7.47. The lowest BCUT2D eigenvalue weighted by molar-refractivity contribution is -0.161. The Labute approximate surface area is 556 Å². The molecule has 0 aliphatic heterocycles. The van der Waals surface area contributed by atoms with Gasteiger partial charge < -0.3 is 33.8 Å². The van der Waals surface area contributed by atoms with Gasteiger partial charge in [0.1, 0.15) is 19.3 Å². The standard InChI is InChI=1S/C72H140O17P2/c1-5-9-13-17-20-23-26-29-31-32-33-34-35-36-38-41-44-47-51-55-59-72(77)89-68(63-83-70(75)57-53-49-45-42-40-37-30-27-24-21-18-14-10-6-2)65-87-91(80,81)85-61-66(73)60-84-90(78,79)86-64-67(62-82-69(74)56-52-48-16-12-8-4)88-71(76)58-54-50-46-43-39-28-25-22-19-15-11-7-3/h66-68,73H,5-65H2,1-4H3,(H,78,79)(H,80,81)/t66-,67+,68+/m0/s1. The summed E-state index contributed by atoms with van der Waals surface area (Å²) in [5.41, 5.74) is 0. The summed E-state index contributed by atoms with van der Waals surface area (Å²) >= 11 is 0. The quantitative estimate of drug-likeness (QED) is 0.0222. The molecule has 0 saturated carbocycles. The van der Waals surface area contributed by atoms with E-state index >= 15 is 0 Å². The van der Waals surface area contributed by atoms with Crippen LogP contribution >= 0.6 is 15.6 Å². The van der Waals surface area contributed by atoms with E-state index in [1.165, 1.54) is 205 Å². The van der Waals surface area contributed by atoms with E-state index in [2.05, 4.69) is 27.7 Å². The molecular weight excluding hydrogens is 1200 g/mol. The van der Waals surface area contributed by atoms with Crippen LogP contribution < -0.4 is 0 Å². The lowest BCUT2D eigenvalue weighted by atomic mass is 10.0. The van der Waals surface area contributed by atoms with Crippen molar-refractivity contribution >= 4 is 39.5 Å². The molecule has 91 heavy (non-hydrogen) atoms. The van der Waals surface area contributed by atoms with Gasteiger partial charge in [0.05, 0.1) is 26.4 Å². The number of phosphoric acid groups is 2. The molecule has 0 bridgehead atoms. The SMILES string of the molecule is CCCCCCCCCCCCCCCCCCCCCCC(=O)O[C@H](COC(=O)CCCCCCCCCCCCCCCC)COP(=O)(O)OC[C@@H](O)COP(=O)(O)OC[C@@H](COC(=O)CCCCCCC)OC(=O)CCCCCCCCCCCCCC. The fourth-order valence-corrected chi connectivity index (χ4v) is 12.6. The molecule has 3 N–H and O–H groups in total. The van der Waals surface area contributed by atoms with E-state index in [1.54, 1.807) is 0 Å². The monoisotopic (exact) mass is 1340 g/mol. The van der Waals surface area contributed by atoms with Gasteiger partial charge in [-0.2, -0.15) is 0 Å². The minimum Gasteiger partial charge on any atom is -0.462 e. The Morgan fingerprint density at radius 1 is 0.264 bits per heavy atom. The number of hydrogen-bond acceptors (Lipinski definition) is 15. The van der Waals surface area contributed by atoms with Crippen LogP contribution in [0.25, 0.3) is 0 Å². The second kappa shape index (κ2) is 66.7. The molecule has 2 unspecified atom stereocenters. The smallest absolute Gasteiger partial charge is 0.462 e. The molecule has 0 amide bonds. The maximum absolute atomic E-state index is 13.0. The van der Waals surface area contributed by atoms with E-state index < -0.39 is 97.5 Å². The zero-order chi connectivity index (χ0) is 66.8. The third kappa shape index (κ3) is 66.5. The zero-order valence-electron chi connectivity index (χ0n) is 58.8. The number of esters is 4. The van der Waals surface area contributed by atoms with Crippen molar-refractivity contribution in [2.24, 2.45) is 0 Å². The second-order valence-corrected chi connectivity index (χ2v) is 28.9. The maximum Gasteiger partial charge on any atom is 0.472 e. The highest BCUT2D eigenvalue weighted by Gasteiger charge is 2.30. The van der Waals surface area contributed by atoms with E-state index in [0.29, 0.717) is 25.7 Å². The number of rotatable bonds is 73. The van der Waals surface area contributed by atoms with Crippen LogP contribution in [0.4, 0.5) is 0 Å². The Morgan fingerprint density at radius 3 is 0.648 bits per heavy atom. The summed E-state index contributed by atoms with van der Waals surface area (Å²) in [6, 6.07) is 0. The molecule has 0 heterocycles. The molecule has 0 aromatic rings. The Hall–Kier alpha value is -1.94. The van der Waals surface area contributed by atoms with Gasteiger partial charge in [-0.05, 0) is 25.7 Å². The first-order chi connectivity index (χ1) is 44.2. The molecule has 0 radical (unpaired) electrons. The molecule has 540 valence electrons. The number of unbranched alkanes of at least 4 members (excludes halogenated alkanes) is 47. The van der Waals surface area contributed by atoms with Crippen LogP contribution in [0.15, 0.2) is 0 Å². The number of phosphoric ester groups is 2.